The largest absolute Gasteiger partial charge is 0.313 e. The molecule has 0 saturated heterocycles. The molecule has 1 heterocycles. The van der Waals surface area contributed by atoms with Gasteiger partial charge >= 0.3 is 0 Å². The summed E-state index contributed by atoms with van der Waals surface area (Å²) in [5.74, 6) is 0.606. The van der Waals surface area contributed by atoms with Crippen molar-refractivity contribution < 1.29 is 4.79 Å². The highest BCUT2D eigenvalue weighted by Crippen LogP contribution is 2.20. The second-order valence-corrected chi connectivity index (χ2v) is 6.74. The van der Waals surface area contributed by atoms with Gasteiger partial charge in [0.25, 0.3) is 0 Å². The fourth-order valence-electron chi connectivity index (χ4n) is 2.35. The second-order valence-electron chi connectivity index (χ2n) is 5.80. The van der Waals surface area contributed by atoms with Gasteiger partial charge in [0.15, 0.2) is 0 Å². The lowest BCUT2D eigenvalue weighted by Crippen LogP contribution is -2.30. The number of carbonyl (C=O) groups excluding carboxylic acids is 1. The molecule has 118 valence electrons. The summed E-state index contributed by atoms with van der Waals surface area (Å²) < 4.78 is 0. The number of anilines is 1. The molecule has 0 aliphatic carbocycles. The third kappa shape index (κ3) is 4.17. The number of aryl methyl sites for hydroxylation is 2. The van der Waals surface area contributed by atoms with Crippen LogP contribution in [-0.4, -0.2) is 17.4 Å². The Morgan fingerprint density at radius 3 is 2.73 bits per heavy atom. The predicted octanol–water partition coefficient (Wildman–Crippen LogP) is 4.56. The van der Waals surface area contributed by atoms with E-state index in [2.05, 4.69) is 30.3 Å². The molecule has 0 atom stereocenters. The topological polar surface area (TPSA) is 33.2 Å². The molecule has 0 spiro atoms. The monoisotopic (exact) mass is 316 g/mol. The van der Waals surface area contributed by atoms with Crippen LogP contribution in [0.3, 0.4) is 0 Å². The average molecular weight is 316 g/mol. The van der Waals surface area contributed by atoms with Gasteiger partial charge in [-0.25, -0.2) is 4.98 Å². The van der Waals surface area contributed by atoms with E-state index in [0.29, 0.717) is 18.9 Å². The highest BCUT2D eigenvalue weighted by atomic mass is 32.1. The summed E-state index contributed by atoms with van der Waals surface area (Å²) in [6.45, 7) is 9.03. The summed E-state index contributed by atoms with van der Waals surface area (Å²) in [6, 6.07) is 8.09. The number of nitrogens with zero attached hydrogens (tertiary/aromatic N) is 2. The molecular weight excluding hydrogens is 292 g/mol. The lowest BCUT2D eigenvalue weighted by molar-refractivity contribution is -0.118. The van der Waals surface area contributed by atoms with Gasteiger partial charge in [-0.3, -0.25) is 4.79 Å². The van der Waals surface area contributed by atoms with Crippen LogP contribution in [0.1, 0.15) is 49.4 Å². The molecule has 3 nitrogen and oxygen atoms in total. The van der Waals surface area contributed by atoms with Crippen LogP contribution < -0.4 is 4.90 Å². The van der Waals surface area contributed by atoms with Crippen molar-refractivity contribution in [2.45, 2.75) is 46.5 Å². The molecule has 2 rings (SSSR count). The molecular formula is C18H24N2OS. The summed E-state index contributed by atoms with van der Waals surface area (Å²) in [5, 5.41) is 3.15. The molecule has 1 aromatic carbocycles. The van der Waals surface area contributed by atoms with Gasteiger partial charge in [0, 0.05) is 30.5 Å². The van der Waals surface area contributed by atoms with Gasteiger partial charge in [-0.2, -0.15) is 0 Å². The number of aromatic nitrogens is 1. The molecule has 0 bridgehead atoms. The zero-order valence-corrected chi connectivity index (χ0v) is 14.6. The average Bonchev–Trinajstić information content (AvgIpc) is 2.95. The van der Waals surface area contributed by atoms with E-state index in [9.17, 15) is 4.79 Å². The van der Waals surface area contributed by atoms with Crippen LogP contribution in [0.25, 0.3) is 0 Å². The zero-order chi connectivity index (χ0) is 16.1. The van der Waals surface area contributed by atoms with E-state index >= 15 is 0 Å². The smallest absolute Gasteiger partial charge is 0.227 e. The number of hydrogen-bond donors (Lipinski definition) is 0. The Labute approximate surface area is 137 Å². The Hall–Kier alpha value is -1.68. The van der Waals surface area contributed by atoms with E-state index in [0.717, 1.165) is 22.8 Å². The summed E-state index contributed by atoms with van der Waals surface area (Å²) in [6.07, 6.45) is 1.23. The summed E-state index contributed by atoms with van der Waals surface area (Å²) in [4.78, 5) is 19.0. The standard InChI is InChI=1S/C18H24N2OS/c1-5-20(15-8-6-7-14(4)11-15)18(21)10-9-17-19-16(12-22-17)13(2)3/h6-8,11-13H,5,9-10H2,1-4H3. The number of rotatable bonds is 6. The maximum absolute atomic E-state index is 12.5. The Balaban J connectivity index is 2.00. The third-order valence-corrected chi connectivity index (χ3v) is 4.57. The van der Waals surface area contributed by atoms with Crippen molar-refractivity contribution in [3.8, 4) is 0 Å². The lowest BCUT2D eigenvalue weighted by atomic mass is 10.1. The van der Waals surface area contributed by atoms with Crippen molar-refractivity contribution in [1.29, 1.82) is 0 Å². The van der Waals surface area contributed by atoms with Crippen LogP contribution in [0.5, 0.6) is 0 Å². The summed E-state index contributed by atoms with van der Waals surface area (Å²) in [5.41, 5.74) is 3.28. The van der Waals surface area contributed by atoms with Crippen LogP contribution in [-0.2, 0) is 11.2 Å². The minimum absolute atomic E-state index is 0.161. The van der Waals surface area contributed by atoms with Crippen LogP contribution in [0.4, 0.5) is 5.69 Å². The lowest BCUT2D eigenvalue weighted by Gasteiger charge is -2.21. The minimum Gasteiger partial charge on any atom is -0.313 e. The SMILES string of the molecule is CCN(C(=O)CCc1nc(C(C)C)cs1)c1cccc(C)c1. The molecule has 0 aliphatic rings. The first-order valence-corrected chi connectivity index (χ1v) is 8.70. The molecule has 1 amide bonds. The van der Waals surface area contributed by atoms with E-state index < -0.39 is 0 Å². The van der Waals surface area contributed by atoms with Crippen LogP contribution >= 0.6 is 11.3 Å². The molecule has 1 aromatic heterocycles. The maximum Gasteiger partial charge on any atom is 0.227 e. The van der Waals surface area contributed by atoms with Gasteiger partial charge < -0.3 is 4.90 Å². The van der Waals surface area contributed by atoms with Crippen LogP contribution in [0.2, 0.25) is 0 Å². The normalized spacial score (nSPS) is 11.0. The first-order chi connectivity index (χ1) is 10.5. The van der Waals surface area contributed by atoms with Crippen molar-refractivity contribution in [2.24, 2.45) is 0 Å². The highest BCUT2D eigenvalue weighted by molar-refractivity contribution is 7.09. The first-order valence-electron chi connectivity index (χ1n) is 7.82. The molecule has 0 fully saturated rings. The summed E-state index contributed by atoms with van der Waals surface area (Å²) >= 11 is 1.66. The minimum atomic E-state index is 0.161. The maximum atomic E-state index is 12.5. The fourth-order valence-corrected chi connectivity index (χ4v) is 3.31. The number of benzene rings is 1. The van der Waals surface area contributed by atoms with Gasteiger partial charge in [-0.15, -0.1) is 11.3 Å². The number of thiazole rings is 1. The first kappa shape index (κ1) is 16.7. The number of carbonyl (C=O) groups is 1. The van der Waals surface area contributed by atoms with Gasteiger partial charge in [0.2, 0.25) is 5.91 Å². The van der Waals surface area contributed by atoms with Crippen molar-refractivity contribution in [2.75, 3.05) is 11.4 Å². The quantitative estimate of drug-likeness (QED) is 0.782. The van der Waals surface area contributed by atoms with Crippen LogP contribution in [0.15, 0.2) is 29.6 Å². The molecule has 0 unspecified atom stereocenters. The Bertz CT molecular complexity index is 634. The third-order valence-electron chi connectivity index (χ3n) is 3.64. The van der Waals surface area contributed by atoms with Crippen LogP contribution in [0, 0.1) is 6.92 Å². The summed E-state index contributed by atoms with van der Waals surface area (Å²) in [7, 11) is 0. The van der Waals surface area contributed by atoms with Gasteiger partial charge in [0.05, 0.1) is 10.7 Å². The van der Waals surface area contributed by atoms with Crippen molar-refractivity contribution in [1.82, 2.24) is 4.98 Å². The van der Waals surface area contributed by atoms with E-state index in [1.807, 2.05) is 36.9 Å². The molecule has 2 aromatic rings. The van der Waals surface area contributed by atoms with E-state index in [-0.39, 0.29) is 5.91 Å². The van der Waals surface area contributed by atoms with E-state index in [4.69, 9.17) is 0 Å². The van der Waals surface area contributed by atoms with E-state index in [1.54, 1.807) is 11.3 Å². The Morgan fingerprint density at radius 2 is 2.14 bits per heavy atom. The number of hydrogen-bond acceptors (Lipinski definition) is 3. The zero-order valence-electron chi connectivity index (χ0n) is 13.8. The molecule has 0 saturated carbocycles. The predicted molar refractivity (Wildman–Crippen MR) is 93.7 cm³/mol. The van der Waals surface area contributed by atoms with Crippen molar-refractivity contribution in [3.05, 3.63) is 45.9 Å². The van der Waals surface area contributed by atoms with E-state index in [1.165, 1.54) is 5.56 Å². The van der Waals surface area contributed by atoms with Crippen molar-refractivity contribution >= 4 is 22.9 Å². The fraction of sp³-hybridized carbons (Fsp3) is 0.444. The second kappa shape index (κ2) is 7.54. The van der Waals surface area contributed by atoms with Gasteiger partial charge in [-0.1, -0.05) is 26.0 Å². The van der Waals surface area contributed by atoms with Gasteiger partial charge in [-0.05, 0) is 37.5 Å². The molecule has 0 radical (unpaired) electrons. The molecule has 22 heavy (non-hydrogen) atoms. The highest BCUT2D eigenvalue weighted by Gasteiger charge is 2.15. The molecule has 0 aliphatic heterocycles. The molecule has 0 N–H and O–H groups in total. The Kier molecular flexibility index (Phi) is 5.72. The van der Waals surface area contributed by atoms with Gasteiger partial charge in [0.1, 0.15) is 0 Å². The Morgan fingerprint density at radius 1 is 1.36 bits per heavy atom. The number of amides is 1. The van der Waals surface area contributed by atoms with Crippen molar-refractivity contribution in [3.63, 3.8) is 0 Å². The molecule has 4 heteroatoms.